The van der Waals surface area contributed by atoms with E-state index in [9.17, 15) is 4.79 Å². The van der Waals surface area contributed by atoms with Gasteiger partial charge in [0.05, 0.1) is 26.9 Å². The van der Waals surface area contributed by atoms with Crippen molar-refractivity contribution in [2.45, 2.75) is 38.1 Å². The van der Waals surface area contributed by atoms with Gasteiger partial charge in [0.15, 0.2) is 11.5 Å². The molecule has 1 aromatic heterocycles. The largest absolute Gasteiger partial charge is 0.493 e. The van der Waals surface area contributed by atoms with E-state index in [-0.39, 0.29) is 11.9 Å². The Kier molecular flexibility index (Phi) is 6.57. The van der Waals surface area contributed by atoms with Crippen LogP contribution in [0.15, 0.2) is 30.5 Å². The van der Waals surface area contributed by atoms with Gasteiger partial charge in [0, 0.05) is 30.1 Å². The van der Waals surface area contributed by atoms with E-state index < -0.39 is 0 Å². The molecule has 0 saturated heterocycles. The maximum Gasteiger partial charge on any atom is 0.253 e. The van der Waals surface area contributed by atoms with E-state index in [0.717, 1.165) is 18.5 Å². The SMILES string of the molecule is COc1cc(Nc2ccc(C(=O)NC3CCCCC3)cn2)cc(OC)c1OC. The number of pyridine rings is 1. The van der Waals surface area contributed by atoms with Crippen LogP contribution in [-0.4, -0.2) is 38.3 Å². The van der Waals surface area contributed by atoms with Crippen LogP contribution in [0.5, 0.6) is 17.2 Å². The Hall–Kier alpha value is -2.96. The first-order valence-corrected chi connectivity index (χ1v) is 9.48. The lowest BCUT2D eigenvalue weighted by Crippen LogP contribution is -2.36. The van der Waals surface area contributed by atoms with Gasteiger partial charge in [-0.05, 0) is 25.0 Å². The third-order valence-electron chi connectivity index (χ3n) is 4.90. The summed E-state index contributed by atoms with van der Waals surface area (Å²) in [6, 6.07) is 7.42. The lowest BCUT2D eigenvalue weighted by Gasteiger charge is -2.22. The third kappa shape index (κ3) is 4.65. The number of hydrogen-bond donors (Lipinski definition) is 2. The molecule has 0 atom stereocenters. The zero-order valence-electron chi connectivity index (χ0n) is 16.6. The second-order valence-corrected chi connectivity index (χ2v) is 6.78. The lowest BCUT2D eigenvalue weighted by atomic mass is 9.95. The second kappa shape index (κ2) is 9.30. The van der Waals surface area contributed by atoms with Crippen molar-refractivity contribution in [2.75, 3.05) is 26.6 Å². The number of rotatable bonds is 7. The van der Waals surface area contributed by atoms with E-state index in [0.29, 0.717) is 28.6 Å². The molecule has 0 unspecified atom stereocenters. The predicted octanol–water partition coefficient (Wildman–Crippen LogP) is 3.91. The van der Waals surface area contributed by atoms with Crippen molar-refractivity contribution in [1.29, 1.82) is 0 Å². The lowest BCUT2D eigenvalue weighted by molar-refractivity contribution is 0.0927. The summed E-state index contributed by atoms with van der Waals surface area (Å²) >= 11 is 0. The maximum atomic E-state index is 12.4. The summed E-state index contributed by atoms with van der Waals surface area (Å²) in [5.74, 6) is 2.17. The predicted molar refractivity (Wildman–Crippen MR) is 108 cm³/mol. The van der Waals surface area contributed by atoms with Crippen molar-refractivity contribution in [1.82, 2.24) is 10.3 Å². The highest BCUT2D eigenvalue weighted by Gasteiger charge is 2.17. The van der Waals surface area contributed by atoms with Crippen LogP contribution in [0, 0.1) is 0 Å². The van der Waals surface area contributed by atoms with Gasteiger partial charge in [-0.3, -0.25) is 4.79 Å². The summed E-state index contributed by atoms with van der Waals surface area (Å²) in [6.07, 6.45) is 7.31. The Bertz CT molecular complexity index is 777. The fourth-order valence-corrected chi connectivity index (χ4v) is 3.42. The van der Waals surface area contributed by atoms with Gasteiger partial charge in [-0.25, -0.2) is 4.98 Å². The van der Waals surface area contributed by atoms with Gasteiger partial charge < -0.3 is 24.8 Å². The summed E-state index contributed by atoms with van der Waals surface area (Å²) in [6.45, 7) is 0. The molecule has 1 aliphatic rings. The molecule has 0 aliphatic heterocycles. The van der Waals surface area contributed by atoms with Gasteiger partial charge in [-0.2, -0.15) is 0 Å². The average molecular weight is 385 g/mol. The van der Waals surface area contributed by atoms with Crippen molar-refractivity contribution in [2.24, 2.45) is 0 Å². The van der Waals surface area contributed by atoms with Gasteiger partial charge in [-0.15, -0.1) is 0 Å². The van der Waals surface area contributed by atoms with Crippen molar-refractivity contribution in [3.8, 4) is 17.2 Å². The highest BCUT2D eigenvalue weighted by molar-refractivity contribution is 5.94. The quantitative estimate of drug-likeness (QED) is 0.752. The minimum Gasteiger partial charge on any atom is -0.493 e. The van der Waals surface area contributed by atoms with Crippen molar-refractivity contribution >= 4 is 17.4 Å². The number of carbonyl (C=O) groups is 1. The number of hydrogen-bond acceptors (Lipinski definition) is 6. The fraction of sp³-hybridized carbons (Fsp3) is 0.429. The molecule has 0 spiro atoms. The number of nitrogens with zero attached hydrogens (tertiary/aromatic N) is 1. The molecule has 150 valence electrons. The molecule has 0 bridgehead atoms. The van der Waals surface area contributed by atoms with Gasteiger partial charge in [0.1, 0.15) is 5.82 Å². The van der Waals surface area contributed by atoms with E-state index >= 15 is 0 Å². The second-order valence-electron chi connectivity index (χ2n) is 6.78. The standard InChI is InChI=1S/C21H27N3O4/c1-26-17-11-16(12-18(27-2)20(17)28-3)23-19-10-9-14(13-22-19)21(25)24-15-7-5-4-6-8-15/h9-13,15H,4-8H2,1-3H3,(H,22,23)(H,24,25). The molecule has 2 N–H and O–H groups in total. The first kappa shape index (κ1) is 19.8. The van der Waals surface area contributed by atoms with Gasteiger partial charge in [0.25, 0.3) is 5.91 Å². The molecule has 1 aromatic carbocycles. The average Bonchev–Trinajstić information content (AvgIpc) is 2.74. The number of nitrogens with one attached hydrogen (secondary N) is 2. The Morgan fingerprint density at radius 3 is 2.21 bits per heavy atom. The summed E-state index contributed by atoms with van der Waals surface area (Å²) in [5.41, 5.74) is 1.29. The van der Waals surface area contributed by atoms with Crippen LogP contribution in [-0.2, 0) is 0 Å². The minimum atomic E-state index is -0.0706. The third-order valence-corrected chi connectivity index (χ3v) is 4.90. The van der Waals surface area contributed by atoms with Crippen molar-refractivity contribution < 1.29 is 19.0 Å². The van der Waals surface area contributed by atoms with Crippen molar-refractivity contribution in [3.63, 3.8) is 0 Å². The molecular formula is C21H27N3O4. The molecule has 1 aliphatic carbocycles. The molecule has 2 aromatic rings. The van der Waals surface area contributed by atoms with Crippen molar-refractivity contribution in [3.05, 3.63) is 36.0 Å². The Morgan fingerprint density at radius 1 is 1.00 bits per heavy atom. The highest BCUT2D eigenvalue weighted by Crippen LogP contribution is 2.40. The van der Waals surface area contributed by atoms with E-state index in [1.54, 1.807) is 51.8 Å². The Balaban J connectivity index is 1.69. The Morgan fingerprint density at radius 2 is 1.68 bits per heavy atom. The smallest absolute Gasteiger partial charge is 0.253 e. The monoisotopic (exact) mass is 385 g/mol. The molecule has 1 amide bonds. The van der Waals surface area contributed by atoms with E-state index in [2.05, 4.69) is 15.6 Å². The number of carbonyl (C=O) groups excluding carboxylic acids is 1. The fourth-order valence-electron chi connectivity index (χ4n) is 3.42. The first-order chi connectivity index (χ1) is 13.6. The maximum absolute atomic E-state index is 12.4. The zero-order chi connectivity index (χ0) is 19.9. The number of ether oxygens (including phenoxy) is 3. The Labute approximate surface area is 165 Å². The minimum absolute atomic E-state index is 0.0706. The molecule has 28 heavy (non-hydrogen) atoms. The van der Waals surface area contributed by atoms with E-state index in [1.165, 1.54) is 19.3 Å². The molecule has 1 fully saturated rings. The van der Waals surface area contributed by atoms with Crippen LogP contribution >= 0.6 is 0 Å². The normalized spacial score (nSPS) is 14.2. The van der Waals surface area contributed by atoms with Crippen LogP contribution in [0.25, 0.3) is 0 Å². The topological polar surface area (TPSA) is 81.7 Å². The van der Waals surface area contributed by atoms with Crippen LogP contribution in [0.3, 0.4) is 0 Å². The summed E-state index contributed by atoms with van der Waals surface area (Å²) in [7, 11) is 4.70. The molecule has 1 saturated carbocycles. The molecule has 7 nitrogen and oxygen atoms in total. The van der Waals surface area contributed by atoms with E-state index in [1.807, 2.05) is 0 Å². The highest BCUT2D eigenvalue weighted by atomic mass is 16.5. The van der Waals surface area contributed by atoms with Crippen LogP contribution in [0.2, 0.25) is 0 Å². The van der Waals surface area contributed by atoms with Crippen LogP contribution < -0.4 is 24.8 Å². The molecule has 3 rings (SSSR count). The molecule has 1 heterocycles. The number of aromatic nitrogens is 1. The van der Waals surface area contributed by atoms with Gasteiger partial charge >= 0.3 is 0 Å². The molecule has 7 heteroatoms. The van der Waals surface area contributed by atoms with E-state index in [4.69, 9.17) is 14.2 Å². The number of anilines is 2. The van der Waals surface area contributed by atoms with Crippen LogP contribution in [0.4, 0.5) is 11.5 Å². The summed E-state index contributed by atoms with van der Waals surface area (Å²) in [4.78, 5) is 16.8. The number of amides is 1. The first-order valence-electron chi connectivity index (χ1n) is 9.48. The summed E-state index contributed by atoms with van der Waals surface area (Å²) in [5, 5.41) is 6.29. The van der Waals surface area contributed by atoms with Crippen LogP contribution in [0.1, 0.15) is 42.5 Å². The molecule has 0 radical (unpaired) electrons. The molecular weight excluding hydrogens is 358 g/mol. The summed E-state index contributed by atoms with van der Waals surface area (Å²) < 4.78 is 16.1. The van der Waals surface area contributed by atoms with Gasteiger partial charge in [0.2, 0.25) is 5.75 Å². The zero-order valence-corrected chi connectivity index (χ0v) is 16.6. The van der Waals surface area contributed by atoms with Gasteiger partial charge in [-0.1, -0.05) is 19.3 Å². The number of benzene rings is 1. The number of methoxy groups -OCH3 is 3.